The molecule has 198 valence electrons. The summed E-state index contributed by atoms with van der Waals surface area (Å²) >= 11 is 0. The van der Waals surface area contributed by atoms with Gasteiger partial charge in [0, 0.05) is 37.6 Å². The molecule has 0 saturated carbocycles. The predicted molar refractivity (Wildman–Crippen MR) is 154 cm³/mol. The number of rotatable bonds is 7. The minimum atomic E-state index is -0.260. The molecule has 2 heterocycles. The lowest BCUT2D eigenvalue weighted by Gasteiger charge is -2.29. The van der Waals surface area contributed by atoms with Crippen molar-refractivity contribution in [1.82, 2.24) is 20.2 Å². The average Bonchev–Trinajstić information content (AvgIpc) is 2.90. The van der Waals surface area contributed by atoms with Crippen LogP contribution in [0.1, 0.15) is 80.0 Å². The van der Waals surface area contributed by atoms with Crippen LogP contribution in [0.25, 0.3) is 11.4 Å². The van der Waals surface area contributed by atoms with E-state index in [0.29, 0.717) is 5.95 Å². The molecule has 0 spiro atoms. The van der Waals surface area contributed by atoms with E-state index in [0.717, 1.165) is 35.6 Å². The highest BCUT2D eigenvalue weighted by atomic mass is 19.1. The van der Waals surface area contributed by atoms with E-state index in [-0.39, 0.29) is 17.3 Å². The lowest BCUT2D eigenvalue weighted by Crippen LogP contribution is -2.31. The van der Waals surface area contributed by atoms with Gasteiger partial charge in [0.15, 0.2) is 0 Å². The van der Waals surface area contributed by atoms with Crippen LogP contribution < -0.4 is 10.6 Å². The van der Waals surface area contributed by atoms with E-state index < -0.39 is 0 Å². The first kappa shape index (κ1) is 30.9. The van der Waals surface area contributed by atoms with Crippen LogP contribution >= 0.6 is 0 Å². The van der Waals surface area contributed by atoms with Crippen molar-refractivity contribution in [3.8, 4) is 0 Å². The average molecular weight is 496 g/mol. The van der Waals surface area contributed by atoms with Crippen molar-refractivity contribution in [3.63, 3.8) is 0 Å². The van der Waals surface area contributed by atoms with Crippen LogP contribution in [0, 0.1) is 11.2 Å². The molecule has 0 radical (unpaired) electrons. The molecule has 6 heteroatoms. The number of allylic oxidation sites excluding steroid dienone is 2. The molecule has 0 saturated heterocycles. The Labute approximate surface area is 218 Å². The Kier molecular flexibility index (Phi) is 12.9. The van der Waals surface area contributed by atoms with E-state index in [1.807, 2.05) is 40.8 Å². The molecule has 2 N–H and O–H groups in total. The van der Waals surface area contributed by atoms with Crippen molar-refractivity contribution >= 4 is 17.3 Å². The number of hydrogen-bond donors (Lipinski definition) is 2. The van der Waals surface area contributed by atoms with Gasteiger partial charge in [-0.05, 0) is 60.7 Å². The first-order valence-corrected chi connectivity index (χ1v) is 13.1. The van der Waals surface area contributed by atoms with Crippen LogP contribution in [0.15, 0.2) is 60.5 Å². The summed E-state index contributed by atoms with van der Waals surface area (Å²) in [5.74, 6) is 0.326. The van der Waals surface area contributed by atoms with Gasteiger partial charge < -0.3 is 15.5 Å². The van der Waals surface area contributed by atoms with Crippen molar-refractivity contribution < 1.29 is 4.39 Å². The SMILES string of the molecule is CC.CC.CCC1=CCN(/C(=C(\NC)c2ccc(F)cc2)c2ccnc(NC(C)C(C)(C)C)n2)C=C1. The zero-order valence-corrected chi connectivity index (χ0v) is 23.9. The molecule has 1 aromatic carbocycles. The first-order valence-electron chi connectivity index (χ1n) is 13.1. The van der Waals surface area contributed by atoms with E-state index in [4.69, 9.17) is 4.98 Å². The molecule has 1 aromatic heterocycles. The van der Waals surface area contributed by atoms with Gasteiger partial charge in [0.1, 0.15) is 5.82 Å². The van der Waals surface area contributed by atoms with Gasteiger partial charge in [-0.1, -0.05) is 61.5 Å². The standard InChI is InChI=1S/C26H34FN5.2C2H6/c1-7-19-13-16-32(17-14-19)24(23(28-6)20-8-10-21(27)11-9-20)22-12-15-29-25(31-22)30-18(2)26(3,4)5;2*1-2/h8-16,18,28H,7,17H2,1-6H3,(H,29,30,31);2*1-2H3/b24-23-;;. The molecule has 0 amide bonds. The zero-order valence-electron chi connectivity index (χ0n) is 23.9. The minimum absolute atomic E-state index is 0.0687. The summed E-state index contributed by atoms with van der Waals surface area (Å²) in [5.41, 5.74) is 4.83. The molecule has 0 bridgehead atoms. The smallest absolute Gasteiger partial charge is 0.223 e. The lowest BCUT2D eigenvalue weighted by molar-refractivity contribution is 0.358. The molecule has 5 nitrogen and oxygen atoms in total. The first-order chi connectivity index (χ1) is 17.2. The molecule has 0 aliphatic carbocycles. The number of anilines is 1. The highest BCUT2D eigenvalue weighted by Crippen LogP contribution is 2.30. The van der Waals surface area contributed by atoms with Gasteiger partial charge in [0.25, 0.3) is 0 Å². The van der Waals surface area contributed by atoms with Crippen molar-refractivity contribution in [3.05, 3.63) is 77.5 Å². The highest BCUT2D eigenvalue weighted by molar-refractivity contribution is 5.88. The van der Waals surface area contributed by atoms with E-state index in [2.05, 4.69) is 73.5 Å². The maximum Gasteiger partial charge on any atom is 0.223 e. The topological polar surface area (TPSA) is 53.1 Å². The quantitative estimate of drug-likeness (QED) is 0.412. The van der Waals surface area contributed by atoms with Crippen LogP contribution in [0.2, 0.25) is 0 Å². The second-order valence-corrected chi connectivity index (χ2v) is 9.08. The molecule has 0 fully saturated rings. The Bertz CT molecular complexity index is 1020. The summed E-state index contributed by atoms with van der Waals surface area (Å²) in [7, 11) is 1.88. The Morgan fingerprint density at radius 2 is 1.72 bits per heavy atom. The second-order valence-electron chi connectivity index (χ2n) is 9.08. The fourth-order valence-corrected chi connectivity index (χ4v) is 3.36. The van der Waals surface area contributed by atoms with E-state index >= 15 is 0 Å². The van der Waals surface area contributed by atoms with E-state index in [1.165, 1.54) is 17.7 Å². The Morgan fingerprint density at radius 3 is 2.22 bits per heavy atom. The maximum absolute atomic E-state index is 13.6. The van der Waals surface area contributed by atoms with Crippen LogP contribution in [0.5, 0.6) is 0 Å². The van der Waals surface area contributed by atoms with Gasteiger partial charge in [-0.2, -0.15) is 0 Å². The van der Waals surface area contributed by atoms with Gasteiger partial charge in [-0.15, -0.1) is 0 Å². The molecular formula is C30H46FN5. The van der Waals surface area contributed by atoms with Crippen molar-refractivity contribution in [2.75, 3.05) is 18.9 Å². The molecule has 36 heavy (non-hydrogen) atoms. The van der Waals surface area contributed by atoms with Gasteiger partial charge in [-0.3, -0.25) is 0 Å². The lowest BCUT2D eigenvalue weighted by atomic mass is 9.88. The number of nitrogens with zero attached hydrogens (tertiary/aromatic N) is 3. The molecule has 1 atom stereocenters. The zero-order chi connectivity index (χ0) is 27.3. The molecule has 1 unspecified atom stereocenters. The number of halogens is 1. The Morgan fingerprint density at radius 1 is 1.08 bits per heavy atom. The minimum Gasteiger partial charge on any atom is -0.386 e. The number of benzene rings is 1. The van der Waals surface area contributed by atoms with Crippen LogP contribution in [0.4, 0.5) is 10.3 Å². The molecule has 2 aromatic rings. The number of nitrogens with one attached hydrogen (secondary N) is 2. The summed E-state index contributed by atoms with van der Waals surface area (Å²) in [5, 5.41) is 6.76. The number of hydrogen-bond acceptors (Lipinski definition) is 5. The largest absolute Gasteiger partial charge is 0.386 e. The van der Waals surface area contributed by atoms with E-state index in [9.17, 15) is 4.39 Å². The molecule has 1 aliphatic heterocycles. The normalized spacial score (nSPS) is 14.3. The van der Waals surface area contributed by atoms with Gasteiger partial charge in [-0.25, -0.2) is 14.4 Å². The van der Waals surface area contributed by atoms with Gasteiger partial charge >= 0.3 is 0 Å². The monoisotopic (exact) mass is 495 g/mol. The van der Waals surface area contributed by atoms with Crippen LogP contribution in [0.3, 0.4) is 0 Å². The van der Waals surface area contributed by atoms with Gasteiger partial charge in [0.2, 0.25) is 5.95 Å². The van der Waals surface area contributed by atoms with Crippen molar-refractivity contribution in [2.45, 2.75) is 74.8 Å². The van der Waals surface area contributed by atoms with Crippen molar-refractivity contribution in [2.24, 2.45) is 5.41 Å². The third-order valence-corrected chi connectivity index (χ3v) is 5.88. The van der Waals surface area contributed by atoms with Crippen molar-refractivity contribution in [1.29, 1.82) is 0 Å². The summed E-state index contributed by atoms with van der Waals surface area (Å²) in [6, 6.07) is 8.62. The molecule has 1 aliphatic rings. The summed E-state index contributed by atoms with van der Waals surface area (Å²) in [6.45, 7) is 19.6. The summed E-state index contributed by atoms with van der Waals surface area (Å²) in [4.78, 5) is 11.5. The summed E-state index contributed by atoms with van der Waals surface area (Å²) < 4.78 is 13.6. The second kappa shape index (κ2) is 15.1. The van der Waals surface area contributed by atoms with Gasteiger partial charge in [0.05, 0.1) is 17.1 Å². The Hall–Kier alpha value is -3.15. The Balaban J connectivity index is 0.00000154. The fourth-order valence-electron chi connectivity index (χ4n) is 3.36. The maximum atomic E-state index is 13.6. The fraction of sp³-hybridized carbons (Fsp3) is 0.467. The third kappa shape index (κ3) is 8.51. The molecule has 3 rings (SSSR count). The number of aromatic nitrogens is 2. The summed E-state index contributed by atoms with van der Waals surface area (Å²) in [6.07, 6.45) is 9.21. The van der Waals surface area contributed by atoms with E-state index in [1.54, 1.807) is 18.3 Å². The predicted octanol–water partition coefficient (Wildman–Crippen LogP) is 7.73. The van der Waals surface area contributed by atoms with Crippen LogP contribution in [-0.2, 0) is 0 Å². The third-order valence-electron chi connectivity index (χ3n) is 5.88. The molecular weight excluding hydrogens is 449 g/mol. The van der Waals surface area contributed by atoms with Crippen LogP contribution in [-0.4, -0.2) is 34.5 Å². The highest BCUT2D eigenvalue weighted by Gasteiger charge is 2.23.